The van der Waals surface area contributed by atoms with Gasteiger partial charge in [-0.3, -0.25) is 19.3 Å². The van der Waals surface area contributed by atoms with E-state index in [0.29, 0.717) is 48.6 Å². The van der Waals surface area contributed by atoms with Crippen LogP contribution in [0.2, 0.25) is 0 Å². The molecule has 7 heteroatoms. The Morgan fingerprint density at radius 3 is 2.03 bits per heavy atom. The molecule has 6 nitrogen and oxygen atoms in total. The lowest BCUT2D eigenvalue weighted by atomic mass is 9.97. The molecule has 33 heavy (non-hydrogen) atoms. The van der Waals surface area contributed by atoms with Gasteiger partial charge >= 0.3 is 0 Å². The highest BCUT2D eigenvalue weighted by Crippen LogP contribution is 2.18. The summed E-state index contributed by atoms with van der Waals surface area (Å²) in [6.45, 7) is 2.17. The van der Waals surface area contributed by atoms with Gasteiger partial charge in [-0.15, -0.1) is 0 Å². The van der Waals surface area contributed by atoms with Crippen molar-refractivity contribution < 1.29 is 18.8 Å². The molecular formula is C26H24FN3O3. The van der Waals surface area contributed by atoms with Gasteiger partial charge in [0.15, 0.2) is 5.78 Å². The largest absolute Gasteiger partial charge is 0.336 e. The molecule has 0 aromatic heterocycles. The Morgan fingerprint density at radius 2 is 1.36 bits per heavy atom. The zero-order valence-corrected chi connectivity index (χ0v) is 18.0. The van der Waals surface area contributed by atoms with E-state index in [1.165, 1.54) is 24.3 Å². The Bertz CT molecular complexity index is 1140. The third kappa shape index (κ3) is 5.51. The molecular weight excluding hydrogens is 421 g/mol. The van der Waals surface area contributed by atoms with Gasteiger partial charge in [0.05, 0.1) is 12.1 Å². The average Bonchev–Trinajstić information content (AvgIpc) is 2.85. The van der Waals surface area contributed by atoms with Crippen LogP contribution in [0.25, 0.3) is 0 Å². The first-order valence-electron chi connectivity index (χ1n) is 10.8. The van der Waals surface area contributed by atoms with Crippen molar-refractivity contribution in [3.8, 4) is 0 Å². The molecule has 0 atom stereocenters. The molecule has 1 aliphatic rings. The van der Waals surface area contributed by atoms with Gasteiger partial charge in [-0.05, 0) is 30.3 Å². The fourth-order valence-corrected chi connectivity index (χ4v) is 3.83. The van der Waals surface area contributed by atoms with Crippen LogP contribution in [0.5, 0.6) is 0 Å². The van der Waals surface area contributed by atoms with E-state index in [1.54, 1.807) is 53.4 Å². The molecule has 0 radical (unpaired) electrons. The van der Waals surface area contributed by atoms with E-state index in [-0.39, 0.29) is 30.0 Å². The van der Waals surface area contributed by atoms with Gasteiger partial charge in [0, 0.05) is 43.0 Å². The first-order valence-corrected chi connectivity index (χ1v) is 10.8. The predicted octanol–water partition coefficient (Wildman–Crippen LogP) is 3.45. The van der Waals surface area contributed by atoms with Gasteiger partial charge in [-0.2, -0.15) is 0 Å². The number of hydrogen-bond donors (Lipinski definition) is 1. The monoisotopic (exact) mass is 445 g/mol. The van der Waals surface area contributed by atoms with E-state index in [4.69, 9.17) is 0 Å². The number of ketones is 1. The zero-order valence-electron chi connectivity index (χ0n) is 18.0. The van der Waals surface area contributed by atoms with Crippen LogP contribution in [0.4, 0.5) is 10.1 Å². The maximum absolute atomic E-state index is 13.2. The Labute approximate surface area is 191 Å². The molecule has 1 N–H and O–H groups in total. The lowest BCUT2D eigenvalue weighted by molar-refractivity contribution is -0.117. The average molecular weight is 445 g/mol. The number of amides is 2. The zero-order chi connectivity index (χ0) is 23.2. The topological polar surface area (TPSA) is 69.7 Å². The number of benzene rings is 3. The van der Waals surface area contributed by atoms with E-state index in [0.717, 1.165) is 0 Å². The Morgan fingerprint density at radius 1 is 0.758 bits per heavy atom. The number of hydrogen-bond acceptors (Lipinski definition) is 4. The number of piperazine rings is 1. The van der Waals surface area contributed by atoms with Crippen molar-refractivity contribution in [2.24, 2.45) is 0 Å². The molecule has 0 unspecified atom stereocenters. The minimum absolute atomic E-state index is 0.183. The molecule has 1 aliphatic heterocycles. The summed E-state index contributed by atoms with van der Waals surface area (Å²) in [5.41, 5.74) is 1.84. The molecule has 1 heterocycles. The fraction of sp³-hybridized carbons (Fsp3) is 0.192. The van der Waals surface area contributed by atoms with Crippen LogP contribution in [-0.2, 0) is 4.79 Å². The highest BCUT2D eigenvalue weighted by Gasteiger charge is 2.26. The summed E-state index contributed by atoms with van der Waals surface area (Å²) in [7, 11) is 0. The molecule has 0 spiro atoms. The van der Waals surface area contributed by atoms with Crippen LogP contribution >= 0.6 is 0 Å². The van der Waals surface area contributed by atoms with Crippen molar-refractivity contribution in [3.05, 3.63) is 101 Å². The number of carbonyl (C=O) groups excluding carboxylic acids is 3. The predicted molar refractivity (Wildman–Crippen MR) is 124 cm³/mol. The van der Waals surface area contributed by atoms with Crippen LogP contribution in [0.3, 0.4) is 0 Å². The lowest BCUT2D eigenvalue weighted by Crippen LogP contribution is -2.50. The minimum Gasteiger partial charge on any atom is -0.336 e. The SMILES string of the molecule is O=C(CN1CCN(C(=O)c2ccccc2C(=O)c2ccccc2)CC1)Nc1ccc(F)cc1. The van der Waals surface area contributed by atoms with E-state index < -0.39 is 0 Å². The second-order valence-electron chi connectivity index (χ2n) is 7.86. The van der Waals surface area contributed by atoms with Crippen molar-refractivity contribution in [1.29, 1.82) is 0 Å². The summed E-state index contributed by atoms with van der Waals surface area (Å²) >= 11 is 0. The number of nitrogens with one attached hydrogen (secondary N) is 1. The minimum atomic E-state index is -0.360. The lowest BCUT2D eigenvalue weighted by Gasteiger charge is -2.34. The normalized spacial score (nSPS) is 14.0. The molecule has 1 saturated heterocycles. The molecule has 3 aromatic carbocycles. The summed E-state index contributed by atoms with van der Waals surface area (Å²) in [4.78, 5) is 42.1. The summed E-state index contributed by atoms with van der Waals surface area (Å²) in [6, 6.07) is 21.4. The van der Waals surface area contributed by atoms with Gasteiger partial charge in [0.1, 0.15) is 5.82 Å². The van der Waals surface area contributed by atoms with Gasteiger partial charge in [0.2, 0.25) is 5.91 Å². The molecule has 0 saturated carbocycles. The van der Waals surface area contributed by atoms with Crippen molar-refractivity contribution in [1.82, 2.24) is 9.80 Å². The Balaban J connectivity index is 1.36. The van der Waals surface area contributed by atoms with Gasteiger partial charge < -0.3 is 10.2 Å². The van der Waals surface area contributed by atoms with Crippen LogP contribution in [0.15, 0.2) is 78.9 Å². The highest BCUT2D eigenvalue weighted by molar-refractivity contribution is 6.15. The number of nitrogens with zero attached hydrogens (tertiary/aromatic N) is 2. The second kappa shape index (κ2) is 10.2. The third-order valence-corrected chi connectivity index (χ3v) is 5.59. The maximum Gasteiger partial charge on any atom is 0.254 e. The van der Waals surface area contributed by atoms with Crippen molar-refractivity contribution in [2.45, 2.75) is 0 Å². The molecule has 168 valence electrons. The van der Waals surface area contributed by atoms with Gasteiger partial charge in [-0.1, -0.05) is 48.5 Å². The van der Waals surface area contributed by atoms with E-state index in [1.807, 2.05) is 11.0 Å². The molecule has 0 bridgehead atoms. The van der Waals surface area contributed by atoms with Crippen LogP contribution in [0.1, 0.15) is 26.3 Å². The fourth-order valence-electron chi connectivity index (χ4n) is 3.83. The van der Waals surface area contributed by atoms with E-state index in [2.05, 4.69) is 5.32 Å². The number of rotatable bonds is 6. The first-order chi connectivity index (χ1) is 16.0. The summed E-state index contributed by atoms with van der Waals surface area (Å²) in [6.07, 6.45) is 0. The van der Waals surface area contributed by atoms with Gasteiger partial charge in [-0.25, -0.2) is 4.39 Å². The third-order valence-electron chi connectivity index (χ3n) is 5.59. The number of anilines is 1. The smallest absolute Gasteiger partial charge is 0.254 e. The molecule has 1 fully saturated rings. The van der Waals surface area contributed by atoms with Crippen LogP contribution in [-0.4, -0.2) is 60.1 Å². The second-order valence-corrected chi connectivity index (χ2v) is 7.86. The van der Waals surface area contributed by atoms with Crippen molar-refractivity contribution in [3.63, 3.8) is 0 Å². The summed E-state index contributed by atoms with van der Waals surface area (Å²) in [5, 5.41) is 2.75. The molecule has 3 aromatic rings. The maximum atomic E-state index is 13.2. The quantitative estimate of drug-likeness (QED) is 0.590. The Hall–Kier alpha value is -3.84. The molecule has 0 aliphatic carbocycles. The number of carbonyl (C=O) groups is 3. The molecule has 4 rings (SSSR count). The van der Waals surface area contributed by atoms with E-state index in [9.17, 15) is 18.8 Å². The Kier molecular flexibility index (Phi) is 6.90. The standard InChI is InChI=1S/C26H24FN3O3/c27-20-10-12-21(13-11-20)28-24(31)18-29-14-16-30(17-15-29)26(33)23-9-5-4-8-22(23)25(32)19-6-2-1-3-7-19/h1-13H,14-18H2,(H,28,31). The van der Waals surface area contributed by atoms with Crippen LogP contribution < -0.4 is 5.32 Å². The van der Waals surface area contributed by atoms with Crippen molar-refractivity contribution >= 4 is 23.3 Å². The van der Waals surface area contributed by atoms with E-state index >= 15 is 0 Å². The summed E-state index contributed by atoms with van der Waals surface area (Å²) < 4.78 is 13.0. The molecule has 2 amide bonds. The van der Waals surface area contributed by atoms with Crippen molar-refractivity contribution in [2.75, 3.05) is 38.0 Å². The first kappa shape index (κ1) is 22.4. The van der Waals surface area contributed by atoms with Gasteiger partial charge in [0.25, 0.3) is 5.91 Å². The number of halogens is 1. The van der Waals surface area contributed by atoms with Crippen LogP contribution in [0, 0.1) is 5.82 Å². The highest BCUT2D eigenvalue weighted by atomic mass is 19.1. The summed E-state index contributed by atoms with van der Waals surface area (Å²) in [5.74, 6) is -0.929.